The summed E-state index contributed by atoms with van der Waals surface area (Å²) >= 11 is 0. The zero-order valence-corrected chi connectivity index (χ0v) is 11.9. The molecule has 1 aromatic heterocycles. The first-order valence-electron chi connectivity index (χ1n) is 7.27. The van der Waals surface area contributed by atoms with Crippen LogP contribution in [0.4, 0.5) is 0 Å². The van der Waals surface area contributed by atoms with Crippen LogP contribution in [-0.2, 0) is 0 Å². The van der Waals surface area contributed by atoms with Gasteiger partial charge in [-0.2, -0.15) is 0 Å². The Labute approximate surface area is 115 Å². The van der Waals surface area contributed by atoms with E-state index in [2.05, 4.69) is 12.2 Å². The average molecular weight is 264 g/mol. The molecule has 1 atom stereocenters. The van der Waals surface area contributed by atoms with Crippen LogP contribution < -0.4 is 5.32 Å². The van der Waals surface area contributed by atoms with Gasteiger partial charge in [-0.1, -0.05) is 6.92 Å². The van der Waals surface area contributed by atoms with E-state index in [1.54, 1.807) is 6.07 Å². The predicted octanol–water partition coefficient (Wildman–Crippen LogP) is 2.44. The molecule has 106 valence electrons. The van der Waals surface area contributed by atoms with Crippen molar-refractivity contribution in [2.75, 3.05) is 26.2 Å². The number of piperidine rings is 1. The molecular weight excluding hydrogens is 240 g/mol. The summed E-state index contributed by atoms with van der Waals surface area (Å²) in [7, 11) is 0. The molecule has 1 aliphatic rings. The summed E-state index contributed by atoms with van der Waals surface area (Å²) in [4.78, 5) is 14.4. The second-order valence-corrected chi connectivity index (χ2v) is 5.37. The largest absolute Gasteiger partial charge is 0.456 e. The lowest BCUT2D eigenvalue weighted by molar-refractivity contribution is 0.0685. The van der Waals surface area contributed by atoms with Gasteiger partial charge in [-0.25, -0.2) is 0 Å². The second kappa shape index (κ2) is 6.75. The standard InChI is InChI=1S/C15H24N2O2/c1-3-9-17(11-13-5-4-8-16-10-13)15(18)14-7-6-12(2)19-14/h6-7,13,16H,3-5,8-11H2,1-2H3. The highest BCUT2D eigenvalue weighted by atomic mass is 16.3. The number of rotatable bonds is 5. The number of carbonyl (C=O) groups excluding carboxylic acids is 1. The van der Waals surface area contributed by atoms with Gasteiger partial charge in [0.05, 0.1) is 0 Å². The van der Waals surface area contributed by atoms with Gasteiger partial charge in [-0.15, -0.1) is 0 Å². The third-order valence-electron chi connectivity index (χ3n) is 3.61. The van der Waals surface area contributed by atoms with Crippen LogP contribution in [0.15, 0.2) is 16.5 Å². The van der Waals surface area contributed by atoms with Gasteiger partial charge in [-0.3, -0.25) is 4.79 Å². The lowest BCUT2D eigenvalue weighted by atomic mass is 9.99. The maximum absolute atomic E-state index is 12.4. The van der Waals surface area contributed by atoms with Crippen LogP contribution in [0.2, 0.25) is 0 Å². The highest BCUT2D eigenvalue weighted by molar-refractivity contribution is 5.91. The molecule has 1 aliphatic heterocycles. The van der Waals surface area contributed by atoms with Gasteiger partial charge in [0.2, 0.25) is 0 Å². The molecule has 0 spiro atoms. The number of aryl methyl sites for hydroxylation is 1. The van der Waals surface area contributed by atoms with E-state index in [1.165, 1.54) is 12.8 Å². The molecule has 2 heterocycles. The number of hydrogen-bond donors (Lipinski definition) is 1. The molecule has 1 N–H and O–H groups in total. The minimum Gasteiger partial charge on any atom is -0.456 e. The van der Waals surface area contributed by atoms with Gasteiger partial charge < -0.3 is 14.6 Å². The summed E-state index contributed by atoms with van der Waals surface area (Å²) in [6, 6.07) is 3.62. The number of furan rings is 1. The molecule has 4 nitrogen and oxygen atoms in total. The summed E-state index contributed by atoms with van der Waals surface area (Å²) in [5, 5.41) is 3.40. The number of nitrogens with zero attached hydrogens (tertiary/aromatic N) is 1. The SMILES string of the molecule is CCCN(CC1CCCNC1)C(=O)c1ccc(C)o1. The number of carbonyl (C=O) groups is 1. The Balaban J connectivity index is 1.99. The monoisotopic (exact) mass is 264 g/mol. The van der Waals surface area contributed by atoms with Crippen molar-refractivity contribution in [3.8, 4) is 0 Å². The highest BCUT2D eigenvalue weighted by Gasteiger charge is 2.22. The Kier molecular flexibility index (Phi) is 5.02. The Morgan fingerprint density at radius 1 is 1.53 bits per heavy atom. The van der Waals surface area contributed by atoms with E-state index >= 15 is 0 Å². The summed E-state index contributed by atoms with van der Waals surface area (Å²) in [5.41, 5.74) is 0. The normalized spacial score (nSPS) is 19.4. The fourth-order valence-corrected chi connectivity index (χ4v) is 2.64. The average Bonchev–Trinajstić information content (AvgIpc) is 2.85. The van der Waals surface area contributed by atoms with Crippen LogP contribution in [0.3, 0.4) is 0 Å². The molecule has 0 radical (unpaired) electrons. The van der Waals surface area contributed by atoms with Crippen LogP contribution in [0.1, 0.15) is 42.5 Å². The van der Waals surface area contributed by atoms with Gasteiger partial charge >= 0.3 is 0 Å². The molecular formula is C15H24N2O2. The van der Waals surface area contributed by atoms with Crippen molar-refractivity contribution in [2.45, 2.75) is 33.1 Å². The fourth-order valence-electron chi connectivity index (χ4n) is 2.64. The van der Waals surface area contributed by atoms with Gasteiger partial charge in [0, 0.05) is 13.1 Å². The zero-order valence-electron chi connectivity index (χ0n) is 11.9. The molecule has 1 aromatic rings. The van der Waals surface area contributed by atoms with Crippen LogP contribution in [0.25, 0.3) is 0 Å². The van der Waals surface area contributed by atoms with E-state index in [-0.39, 0.29) is 5.91 Å². The van der Waals surface area contributed by atoms with E-state index in [1.807, 2.05) is 17.9 Å². The van der Waals surface area contributed by atoms with E-state index < -0.39 is 0 Å². The lowest BCUT2D eigenvalue weighted by Gasteiger charge is -2.29. The third kappa shape index (κ3) is 3.83. The van der Waals surface area contributed by atoms with Gasteiger partial charge in [-0.05, 0) is 57.3 Å². The van der Waals surface area contributed by atoms with Gasteiger partial charge in [0.15, 0.2) is 5.76 Å². The number of hydrogen-bond acceptors (Lipinski definition) is 3. The first-order valence-corrected chi connectivity index (χ1v) is 7.27. The van der Waals surface area contributed by atoms with Crippen molar-refractivity contribution in [3.63, 3.8) is 0 Å². The van der Waals surface area contributed by atoms with Crippen molar-refractivity contribution >= 4 is 5.91 Å². The van der Waals surface area contributed by atoms with Gasteiger partial charge in [0.25, 0.3) is 5.91 Å². The van der Waals surface area contributed by atoms with Crippen molar-refractivity contribution in [1.82, 2.24) is 10.2 Å². The van der Waals surface area contributed by atoms with E-state index in [0.717, 1.165) is 38.4 Å². The highest BCUT2D eigenvalue weighted by Crippen LogP contribution is 2.15. The quantitative estimate of drug-likeness (QED) is 0.888. The van der Waals surface area contributed by atoms with Crippen LogP contribution in [0, 0.1) is 12.8 Å². The van der Waals surface area contributed by atoms with Crippen LogP contribution in [0.5, 0.6) is 0 Å². The molecule has 1 saturated heterocycles. The summed E-state index contributed by atoms with van der Waals surface area (Å²) < 4.78 is 5.45. The molecule has 19 heavy (non-hydrogen) atoms. The molecule has 1 unspecified atom stereocenters. The smallest absolute Gasteiger partial charge is 0.289 e. The van der Waals surface area contributed by atoms with E-state index in [4.69, 9.17) is 4.42 Å². The second-order valence-electron chi connectivity index (χ2n) is 5.37. The first-order chi connectivity index (χ1) is 9.20. The Morgan fingerprint density at radius 2 is 2.37 bits per heavy atom. The maximum Gasteiger partial charge on any atom is 0.289 e. The minimum atomic E-state index is 0.0283. The topological polar surface area (TPSA) is 45.5 Å². The van der Waals surface area contributed by atoms with Crippen LogP contribution >= 0.6 is 0 Å². The molecule has 0 bridgehead atoms. The third-order valence-corrected chi connectivity index (χ3v) is 3.61. The predicted molar refractivity (Wildman–Crippen MR) is 75.2 cm³/mol. The Hall–Kier alpha value is -1.29. The summed E-state index contributed by atoms with van der Waals surface area (Å²) in [5.74, 6) is 1.86. The number of nitrogens with one attached hydrogen (secondary N) is 1. The minimum absolute atomic E-state index is 0.0283. The van der Waals surface area contributed by atoms with Gasteiger partial charge in [0.1, 0.15) is 5.76 Å². The lowest BCUT2D eigenvalue weighted by Crippen LogP contribution is -2.41. The summed E-state index contributed by atoms with van der Waals surface area (Å²) in [6.45, 7) is 7.73. The molecule has 1 fully saturated rings. The Morgan fingerprint density at radius 3 is 2.95 bits per heavy atom. The van der Waals surface area contributed by atoms with Crippen molar-refractivity contribution in [1.29, 1.82) is 0 Å². The molecule has 0 saturated carbocycles. The van der Waals surface area contributed by atoms with Crippen molar-refractivity contribution in [3.05, 3.63) is 23.7 Å². The molecule has 1 amide bonds. The fraction of sp³-hybridized carbons (Fsp3) is 0.667. The first kappa shape index (κ1) is 14.1. The van der Waals surface area contributed by atoms with Crippen molar-refractivity contribution < 1.29 is 9.21 Å². The molecule has 2 rings (SSSR count). The molecule has 0 aliphatic carbocycles. The Bertz CT molecular complexity index is 408. The van der Waals surface area contributed by atoms with E-state index in [9.17, 15) is 4.79 Å². The zero-order chi connectivity index (χ0) is 13.7. The van der Waals surface area contributed by atoms with Crippen LogP contribution in [-0.4, -0.2) is 37.0 Å². The molecule has 4 heteroatoms. The molecule has 0 aromatic carbocycles. The van der Waals surface area contributed by atoms with E-state index in [0.29, 0.717) is 11.7 Å². The maximum atomic E-state index is 12.4. The van der Waals surface area contributed by atoms with Crippen molar-refractivity contribution in [2.24, 2.45) is 5.92 Å². The summed E-state index contributed by atoms with van der Waals surface area (Å²) in [6.07, 6.45) is 3.39. The number of amides is 1.